The van der Waals surface area contributed by atoms with Crippen LogP contribution >= 0.6 is 11.3 Å². The maximum Gasteiger partial charge on any atom is 0.114 e. The standard InChI is InChI=1S/C10H14O2S/c1-6-4-5-13-10(6)9(12)8(11)7-2-3-7/h4-5,7-9,11-12H,2-3H2,1H3. The van der Waals surface area contributed by atoms with E-state index in [1.54, 1.807) is 0 Å². The van der Waals surface area contributed by atoms with E-state index >= 15 is 0 Å². The summed E-state index contributed by atoms with van der Waals surface area (Å²) in [4.78, 5) is 0.916. The van der Waals surface area contributed by atoms with E-state index in [0.29, 0.717) is 5.92 Å². The first kappa shape index (κ1) is 9.19. The second kappa shape index (κ2) is 3.40. The molecule has 0 radical (unpaired) electrons. The summed E-state index contributed by atoms with van der Waals surface area (Å²) in [6.45, 7) is 1.97. The van der Waals surface area contributed by atoms with Crippen LogP contribution in [0.3, 0.4) is 0 Å². The molecule has 13 heavy (non-hydrogen) atoms. The number of thiophene rings is 1. The first-order valence-electron chi connectivity index (χ1n) is 4.60. The van der Waals surface area contributed by atoms with Crippen LogP contribution in [0, 0.1) is 12.8 Å². The van der Waals surface area contributed by atoms with Crippen molar-refractivity contribution in [1.29, 1.82) is 0 Å². The normalized spacial score (nSPS) is 21.5. The zero-order valence-electron chi connectivity index (χ0n) is 7.60. The van der Waals surface area contributed by atoms with Crippen LogP contribution < -0.4 is 0 Å². The molecule has 1 fully saturated rings. The quantitative estimate of drug-likeness (QED) is 0.778. The largest absolute Gasteiger partial charge is 0.390 e. The van der Waals surface area contributed by atoms with Crippen LogP contribution in [-0.4, -0.2) is 16.3 Å². The Hall–Kier alpha value is -0.380. The van der Waals surface area contributed by atoms with Crippen LogP contribution in [0.15, 0.2) is 11.4 Å². The summed E-state index contributed by atoms with van der Waals surface area (Å²) in [6, 6.07) is 1.98. The summed E-state index contributed by atoms with van der Waals surface area (Å²) in [6.07, 6.45) is 0.885. The van der Waals surface area contributed by atoms with Crippen LogP contribution in [0.1, 0.15) is 29.4 Å². The zero-order chi connectivity index (χ0) is 9.42. The van der Waals surface area contributed by atoms with E-state index < -0.39 is 12.2 Å². The van der Waals surface area contributed by atoms with Gasteiger partial charge in [-0.1, -0.05) is 0 Å². The van der Waals surface area contributed by atoms with E-state index in [0.717, 1.165) is 23.3 Å². The molecule has 2 rings (SSSR count). The fourth-order valence-corrected chi connectivity index (χ4v) is 2.49. The molecule has 2 atom stereocenters. The van der Waals surface area contributed by atoms with Crippen molar-refractivity contribution in [2.75, 3.05) is 0 Å². The maximum absolute atomic E-state index is 9.83. The van der Waals surface area contributed by atoms with Crippen molar-refractivity contribution in [3.05, 3.63) is 21.9 Å². The Kier molecular flexibility index (Phi) is 2.41. The molecule has 0 aromatic carbocycles. The first-order chi connectivity index (χ1) is 6.20. The maximum atomic E-state index is 9.83. The van der Waals surface area contributed by atoms with Gasteiger partial charge in [0.05, 0.1) is 6.10 Å². The second-order valence-corrected chi connectivity index (χ2v) is 4.69. The van der Waals surface area contributed by atoms with Gasteiger partial charge in [-0.05, 0) is 42.7 Å². The van der Waals surface area contributed by atoms with E-state index in [4.69, 9.17) is 0 Å². The predicted molar refractivity (Wildman–Crippen MR) is 52.7 cm³/mol. The fourth-order valence-electron chi connectivity index (χ4n) is 1.54. The minimum absolute atomic E-state index is 0.330. The lowest BCUT2D eigenvalue weighted by Crippen LogP contribution is -2.19. The molecule has 1 saturated carbocycles. The number of hydrogen-bond donors (Lipinski definition) is 2. The second-order valence-electron chi connectivity index (χ2n) is 3.74. The average Bonchev–Trinajstić information content (AvgIpc) is 2.87. The van der Waals surface area contributed by atoms with Crippen molar-refractivity contribution < 1.29 is 10.2 Å². The molecule has 0 spiro atoms. The molecule has 1 aliphatic carbocycles. The third kappa shape index (κ3) is 1.77. The van der Waals surface area contributed by atoms with Crippen LogP contribution in [0.5, 0.6) is 0 Å². The highest BCUT2D eigenvalue weighted by Gasteiger charge is 2.35. The minimum Gasteiger partial charge on any atom is -0.390 e. The molecule has 0 saturated heterocycles. The van der Waals surface area contributed by atoms with Gasteiger partial charge in [0.25, 0.3) is 0 Å². The lowest BCUT2D eigenvalue weighted by molar-refractivity contribution is 0.00660. The highest BCUT2D eigenvalue weighted by atomic mass is 32.1. The Labute approximate surface area is 81.8 Å². The van der Waals surface area contributed by atoms with Crippen LogP contribution in [0.2, 0.25) is 0 Å². The number of rotatable bonds is 3. The highest BCUT2D eigenvalue weighted by Crippen LogP contribution is 2.39. The smallest absolute Gasteiger partial charge is 0.114 e. The SMILES string of the molecule is Cc1ccsc1C(O)C(O)C1CC1. The van der Waals surface area contributed by atoms with Gasteiger partial charge in [-0.3, -0.25) is 0 Å². The van der Waals surface area contributed by atoms with Gasteiger partial charge < -0.3 is 10.2 Å². The van der Waals surface area contributed by atoms with Crippen LogP contribution in [0.25, 0.3) is 0 Å². The number of aliphatic hydroxyl groups is 2. The molecule has 2 unspecified atom stereocenters. The Morgan fingerprint density at radius 1 is 1.46 bits per heavy atom. The van der Waals surface area contributed by atoms with Crippen LogP contribution in [0.4, 0.5) is 0 Å². The highest BCUT2D eigenvalue weighted by molar-refractivity contribution is 7.10. The monoisotopic (exact) mass is 198 g/mol. The molecule has 2 N–H and O–H groups in total. The molecule has 1 heterocycles. The zero-order valence-corrected chi connectivity index (χ0v) is 8.42. The lowest BCUT2D eigenvalue weighted by atomic mass is 10.1. The molecule has 0 amide bonds. The molecule has 2 nitrogen and oxygen atoms in total. The molecule has 0 bridgehead atoms. The third-order valence-electron chi connectivity index (χ3n) is 2.60. The summed E-state index contributed by atoms with van der Waals surface area (Å²) < 4.78 is 0. The molecule has 72 valence electrons. The van der Waals surface area contributed by atoms with E-state index in [-0.39, 0.29) is 0 Å². The van der Waals surface area contributed by atoms with E-state index in [1.165, 1.54) is 11.3 Å². The molecular formula is C10H14O2S. The lowest BCUT2D eigenvalue weighted by Gasteiger charge is -2.16. The van der Waals surface area contributed by atoms with E-state index in [2.05, 4.69) is 0 Å². The van der Waals surface area contributed by atoms with Crippen LogP contribution in [-0.2, 0) is 0 Å². The van der Waals surface area contributed by atoms with Gasteiger partial charge in [0.1, 0.15) is 6.10 Å². The molecule has 3 heteroatoms. The van der Waals surface area contributed by atoms with Gasteiger partial charge in [0.2, 0.25) is 0 Å². The average molecular weight is 198 g/mol. The summed E-state index contributed by atoms with van der Waals surface area (Å²) in [5.74, 6) is 0.330. The third-order valence-corrected chi connectivity index (χ3v) is 3.69. The molecule has 1 aromatic heterocycles. The predicted octanol–water partition coefficient (Wildman–Crippen LogP) is 1.86. The van der Waals surface area contributed by atoms with Crippen molar-refractivity contribution in [1.82, 2.24) is 0 Å². The van der Waals surface area contributed by atoms with Gasteiger partial charge in [-0.25, -0.2) is 0 Å². The Morgan fingerprint density at radius 3 is 2.62 bits per heavy atom. The Bertz CT molecular complexity index is 291. The van der Waals surface area contributed by atoms with E-state index in [1.807, 2.05) is 18.4 Å². The number of hydrogen-bond acceptors (Lipinski definition) is 3. The summed E-state index contributed by atoms with van der Waals surface area (Å²) >= 11 is 1.52. The van der Waals surface area contributed by atoms with Crippen molar-refractivity contribution in [2.45, 2.75) is 32.0 Å². The van der Waals surface area contributed by atoms with E-state index in [9.17, 15) is 10.2 Å². The minimum atomic E-state index is -0.674. The van der Waals surface area contributed by atoms with Gasteiger partial charge in [-0.2, -0.15) is 0 Å². The summed E-state index contributed by atoms with van der Waals surface area (Å²) in [5.41, 5.74) is 1.08. The van der Waals surface area contributed by atoms with Crippen molar-refractivity contribution in [2.24, 2.45) is 5.92 Å². The van der Waals surface area contributed by atoms with Crippen molar-refractivity contribution >= 4 is 11.3 Å². The van der Waals surface area contributed by atoms with Gasteiger partial charge in [0, 0.05) is 4.88 Å². The number of aliphatic hydroxyl groups excluding tert-OH is 2. The van der Waals surface area contributed by atoms with Crippen molar-refractivity contribution in [3.63, 3.8) is 0 Å². The first-order valence-corrected chi connectivity index (χ1v) is 5.48. The topological polar surface area (TPSA) is 40.5 Å². The Balaban J connectivity index is 2.11. The molecule has 1 aliphatic rings. The number of aryl methyl sites for hydroxylation is 1. The summed E-state index contributed by atoms with van der Waals surface area (Å²) in [7, 11) is 0. The Morgan fingerprint density at radius 2 is 2.15 bits per heavy atom. The molecule has 1 aromatic rings. The van der Waals surface area contributed by atoms with Crippen molar-refractivity contribution in [3.8, 4) is 0 Å². The summed E-state index contributed by atoms with van der Waals surface area (Å²) in [5, 5.41) is 21.5. The van der Waals surface area contributed by atoms with Gasteiger partial charge >= 0.3 is 0 Å². The molecule has 0 aliphatic heterocycles. The van der Waals surface area contributed by atoms with Gasteiger partial charge in [-0.15, -0.1) is 11.3 Å². The fraction of sp³-hybridized carbons (Fsp3) is 0.600. The van der Waals surface area contributed by atoms with Gasteiger partial charge in [0.15, 0.2) is 0 Å². The molecular weight excluding hydrogens is 184 g/mol.